The highest BCUT2D eigenvalue weighted by molar-refractivity contribution is 5.97. The topological polar surface area (TPSA) is 51.6 Å². The van der Waals surface area contributed by atoms with Crippen LogP contribution in [0.3, 0.4) is 0 Å². The van der Waals surface area contributed by atoms with Crippen molar-refractivity contribution in [3.63, 3.8) is 0 Å². The first kappa shape index (κ1) is 80.9. The molecule has 4 aliphatic carbocycles. The lowest BCUT2D eigenvalue weighted by Crippen LogP contribution is -2.28. The van der Waals surface area contributed by atoms with Gasteiger partial charge in [0, 0.05) is 44.4 Å². The lowest BCUT2D eigenvalue weighted by molar-refractivity contribution is 0.660. The molecule has 4 nitrogen and oxygen atoms in total. The van der Waals surface area contributed by atoms with E-state index in [1.165, 1.54) is 145 Å². The summed E-state index contributed by atoms with van der Waals surface area (Å²) in [5, 5.41) is 0. The van der Waals surface area contributed by atoms with Crippen LogP contribution < -0.4 is 0 Å². The van der Waals surface area contributed by atoms with Gasteiger partial charge in [0.05, 0.1) is 45.0 Å². The second-order valence-corrected chi connectivity index (χ2v) is 35.9. The fourth-order valence-corrected chi connectivity index (χ4v) is 21.4. The number of hydrogen-bond acceptors (Lipinski definition) is 4. The molecule has 1 spiro atoms. The number of aryl methyl sites for hydroxylation is 2. The van der Waals surface area contributed by atoms with Gasteiger partial charge in [-0.2, -0.15) is 0 Å². The van der Waals surface area contributed by atoms with Crippen molar-refractivity contribution in [1.29, 1.82) is 0 Å². The zero-order valence-corrected chi connectivity index (χ0v) is 74.5. The van der Waals surface area contributed by atoms with E-state index in [1.54, 1.807) is 0 Å². The Morgan fingerprint density at radius 3 is 0.872 bits per heavy atom. The van der Waals surface area contributed by atoms with Crippen molar-refractivity contribution in [2.75, 3.05) is 0 Å². The van der Waals surface area contributed by atoms with Crippen LogP contribution >= 0.6 is 0 Å². The predicted molar refractivity (Wildman–Crippen MR) is 551 cm³/mol. The summed E-state index contributed by atoms with van der Waals surface area (Å²) in [6.45, 7) is 8.88. The third-order valence-corrected chi connectivity index (χ3v) is 27.7. The number of pyridine rings is 2. The molecule has 0 fully saturated rings. The van der Waals surface area contributed by atoms with Crippen LogP contribution in [-0.4, -0.2) is 19.9 Å². The second-order valence-electron chi connectivity index (χ2n) is 35.9. The number of benzene rings is 18. The summed E-state index contributed by atoms with van der Waals surface area (Å²) in [4.78, 5) is 20.2. The lowest BCUT2D eigenvalue weighted by atomic mass is 9.67. The van der Waals surface area contributed by atoms with Gasteiger partial charge in [-0.25, -0.2) is 19.9 Å². The molecular formula is C129H92N4. The highest BCUT2D eigenvalue weighted by Gasteiger charge is 2.52. The Kier molecular flexibility index (Phi) is 20.5. The Morgan fingerprint density at radius 2 is 0.429 bits per heavy atom. The van der Waals surface area contributed by atoms with Crippen molar-refractivity contribution in [3.8, 4) is 168 Å². The van der Waals surface area contributed by atoms with Crippen molar-refractivity contribution in [1.82, 2.24) is 19.9 Å². The van der Waals surface area contributed by atoms with E-state index in [2.05, 4.69) is 501 Å². The van der Waals surface area contributed by atoms with Crippen molar-refractivity contribution in [2.24, 2.45) is 0 Å². The minimum Gasteiger partial charge on any atom is -0.248 e. The van der Waals surface area contributed by atoms with E-state index < -0.39 is 5.41 Å². The normalized spacial score (nSPS) is 13.0. The first-order valence-corrected chi connectivity index (χ1v) is 46.0. The molecule has 0 saturated carbocycles. The van der Waals surface area contributed by atoms with Gasteiger partial charge in [0.1, 0.15) is 0 Å². The van der Waals surface area contributed by atoms with Crippen molar-refractivity contribution < 1.29 is 0 Å². The fourth-order valence-electron chi connectivity index (χ4n) is 21.4. The summed E-state index contributed by atoms with van der Waals surface area (Å²) in [5.41, 5.74) is 48.6. The van der Waals surface area contributed by atoms with Gasteiger partial charge in [-0.05, 0) is 219 Å². The summed E-state index contributed by atoms with van der Waals surface area (Å²) in [6, 6.07) is 175. The van der Waals surface area contributed by atoms with Gasteiger partial charge in [-0.15, -0.1) is 0 Å². The molecule has 0 radical (unpaired) electrons. The van der Waals surface area contributed by atoms with Crippen LogP contribution in [0, 0.1) is 13.8 Å². The number of aromatic nitrogens is 4. The molecule has 3 heterocycles. The molecule has 628 valence electrons. The summed E-state index contributed by atoms with van der Waals surface area (Å²) < 4.78 is 0. The minimum atomic E-state index is -0.414. The maximum absolute atomic E-state index is 5.12. The molecule has 4 aliphatic rings. The van der Waals surface area contributed by atoms with Crippen LogP contribution in [0.1, 0.15) is 80.6 Å². The number of hydrogen-bond donors (Lipinski definition) is 0. The maximum atomic E-state index is 5.12. The predicted octanol–water partition coefficient (Wildman–Crippen LogP) is 32.6. The zero-order valence-electron chi connectivity index (χ0n) is 74.5. The van der Waals surface area contributed by atoms with Crippen LogP contribution in [0.2, 0.25) is 0 Å². The minimum absolute atomic E-state index is 0.0127. The standard InChI is InChI=1S/C48H33N.C42H27N.C39H32N2/c1-5-15-36(16-6-1)46-32-39(33-47(49-46)37-17-7-2-8-18-37)35-27-25-34(26-28-35)38-29-30-43-42-23-13-14-24-44(42)48(45(43)31-38,40-19-9-3-10-20-40)41-21-11-4-12-22-41;1-3-13-28(14-4-1)40-26-31(27-41(43-40)29-15-5-2-6-16-29)30-23-24-39-35(25-30)34-19-9-12-22-38(34)42(39)36-20-10-7-17-32(36)33-18-8-11-21-37(33)42;1-25-9-7-11-30(21-25)37-24-36(40-38(41-37)31-12-8-10-26(2)22-31)28-17-15-27(16-18-28)29-19-20-33-32-13-5-6-14-34(32)39(3,4)35(33)23-29/h1-33H;1-27H;5-24H,1-4H3. The van der Waals surface area contributed by atoms with Gasteiger partial charge in [-0.1, -0.05) is 450 Å². The summed E-state index contributed by atoms with van der Waals surface area (Å²) >= 11 is 0. The Labute approximate surface area is 778 Å². The van der Waals surface area contributed by atoms with Crippen LogP contribution in [0.15, 0.2) is 485 Å². The highest BCUT2D eigenvalue weighted by atomic mass is 14.9. The van der Waals surface area contributed by atoms with Gasteiger partial charge < -0.3 is 0 Å². The Hall–Kier alpha value is -16.7. The van der Waals surface area contributed by atoms with Crippen LogP contribution in [0.5, 0.6) is 0 Å². The zero-order chi connectivity index (χ0) is 89.1. The van der Waals surface area contributed by atoms with Crippen molar-refractivity contribution in [2.45, 2.75) is 43.9 Å². The summed E-state index contributed by atoms with van der Waals surface area (Å²) in [7, 11) is 0. The molecule has 133 heavy (non-hydrogen) atoms. The van der Waals surface area contributed by atoms with E-state index in [4.69, 9.17) is 19.9 Å². The molecule has 18 aromatic carbocycles. The van der Waals surface area contributed by atoms with Crippen LogP contribution in [0.4, 0.5) is 0 Å². The fraction of sp³-hybridized carbons (Fsp3) is 0.0543. The largest absolute Gasteiger partial charge is 0.248 e. The SMILES string of the molecule is Cc1cccc(-c2cc(-c3ccc(-c4ccc5c(c4)C(C)(C)c4ccccc4-5)cc3)nc(-c3cccc(C)c3)n2)c1.c1ccc(-c2cc(-c3ccc(-c4ccc5c(c4)C(c4ccccc4)(c4ccccc4)c4ccccc4-5)cc3)cc(-c3ccccc3)n2)cc1.c1ccc(-c2cc(-c3ccc4c(c3)-c3ccccc3C43c4ccccc4-c4ccccc43)cc(-c3ccccc3)n2)cc1. The van der Waals surface area contributed by atoms with Gasteiger partial charge in [0.2, 0.25) is 0 Å². The van der Waals surface area contributed by atoms with Crippen LogP contribution in [0.25, 0.3) is 168 Å². The second kappa shape index (κ2) is 33.8. The quantitative estimate of drug-likeness (QED) is 0.115. The van der Waals surface area contributed by atoms with E-state index in [1.807, 2.05) is 12.1 Å². The molecule has 0 atom stereocenters. The van der Waals surface area contributed by atoms with Gasteiger partial charge in [0.25, 0.3) is 0 Å². The summed E-state index contributed by atoms with van der Waals surface area (Å²) in [6.07, 6.45) is 0. The van der Waals surface area contributed by atoms with Gasteiger partial charge >= 0.3 is 0 Å². The third kappa shape index (κ3) is 14.3. The first-order valence-electron chi connectivity index (χ1n) is 46.0. The first-order chi connectivity index (χ1) is 65.5. The van der Waals surface area contributed by atoms with Gasteiger partial charge in [-0.3, -0.25) is 0 Å². The van der Waals surface area contributed by atoms with E-state index >= 15 is 0 Å². The van der Waals surface area contributed by atoms with E-state index in [0.29, 0.717) is 0 Å². The Bertz CT molecular complexity index is 7740. The average molecular weight is 1700 g/mol. The molecule has 0 aliphatic heterocycles. The molecule has 4 heteroatoms. The van der Waals surface area contributed by atoms with Gasteiger partial charge in [0.15, 0.2) is 5.82 Å². The third-order valence-electron chi connectivity index (χ3n) is 27.7. The molecule has 25 rings (SSSR count). The molecule has 0 unspecified atom stereocenters. The Morgan fingerprint density at radius 1 is 0.150 bits per heavy atom. The van der Waals surface area contributed by atoms with E-state index in [-0.39, 0.29) is 10.8 Å². The molecule has 0 bridgehead atoms. The smallest absolute Gasteiger partial charge is 0.160 e. The number of rotatable bonds is 13. The van der Waals surface area contributed by atoms with Crippen LogP contribution in [-0.2, 0) is 16.2 Å². The molecule has 0 N–H and O–H groups in total. The Balaban J connectivity index is 0.000000113. The maximum Gasteiger partial charge on any atom is 0.160 e. The van der Waals surface area contributed by atoms with Crippen molar-refractivity contribution >= 4 is 0 Å². The monoisotopic (exact) mass is 1700 g/mol. The average Bonchev–Trinajstić information content (AvgIpc) is 1.51. The highest BCUT2D eigenvalue weighted by Crippen LogP contribution is 2.64. The molecular weight excluding hydrogens is 1610 g/mol. The molecule has 21 aromatic rings. The van der Waals surface area contributed by atoms with E-state index in [0.717, 1.165) is 90.1 Å². The lowest BCUT2D eigenvalue weighted by Gasteiger charge is -2.34. The number of nitrogens with zero attached hydrogens (tertiary/aromatic N) is 4. The molecule has 3 aromatic heterocycles. The molecule has 0 amide bonds. The van der Waals surface area contributed by atoms with Crippen molar-refractivity contribution in [3.05, 3.63) is 552 Å². The molecule has 0 saturated heterocycles. The summed E-state index contributed by atoms with van der Waals surface area (Å²) in [5.74, 6) is 0.743. The van der Waals surface area contributed by atoms with E-state index in [9.17, 15) is 0 Å². The number of fused-ring (bicyclic) bond motifs is 16.